The first-order chi connectivity index (χ1) is 13.4. The summed E-state index contributed by atoms with van der Waals surface area (Å²) in [5.41, 5.74) is 0.637. The highest BCUT2D eigenvalue weighted by atomic mass is 19.4. The molecule has 4 rings (SSSR count). The van der Waals surface area contributed by atoms with Gasteiger partial charge in [-0.1, -0.05) is 0 Å². The summed E-state index contributed by atoms with van der Waals surface area (Å²) >= 11 is 0. The van der Waals surface area contributed by atoms with Crippen molar-refractivity contribution in [1.29, 1.82) is 0 Å². The van der Waals surface area contributed by atoms with Crippen LogP contribution in [0.15, 0.2) is 18.5 Å². The van der Waals surface area contributed by atoms with Crippen molar-refractivity contribution in [2.45, 2.75) is 25.2 Å². The van der Waals surface area contributed by atoms with Crippen LogP contribution in [-0.4, -0.2) is 60.2 Å². The molecule has 1 aliphatic heterocycles. The lowest BCUT2D eigenvalue weighted by molar-refractivity contribution is -0.144. The molecule has 3 aromatic heterocycles. The number of anilines is 1. The Kier molecular flexibility index (Phi) is 4.44. The Morgan fingerprint density at radius 1 is 1.36 bits per heavy atom. The number of aromatic nitrogens is 7. The second-order valence-corrected chi connectivity index (χ2v) is 6.19. The third-order valence-corrected chi connectivity index (χ3v) is 4.20. The van der Waals surface area contributed by atoms with Gasteiger partial charge in [0.15, 0.2) is 5.65 Å². The van der Waals surface area contributed by atoms with Crippen LogP contribution in [0.3, 0.4) is 0 Å². The number of alkyl halides is 3. The van der Waals surface area contributed by atoms with Gasteiger partial charge in [-0.05, 0) is 18.6 Å². The van der Waals surface area contributed by atoms with E-state index in [2.05, 4.69) is 41.1 Å². The van der Waals surface area contributed by atoms with Crippen molar-refractivity contribution in [2.24, 2.45) is 0 Å². The Balaban J connectivity index is 1.28. The van der Waals surface area contributed by atoms with Gasteiger partial charge in [0, 0.05) is 19.1 Å². The fourth-order valence-corrected chi connectivity index (χ4v) is 2.87. The molecule has 1 unspecified atom stereocenters. The molecule has 3 aromatic rings. The van der Waals surface area contributed by atoms with Gasteiger partial charge >= 0.3 is 12.2 Å². The molecule has 148 valence electrons. The molecule has 4 heterocycles. The van der Waals surface area contributed by atoms with Gasteiger partial charge in [-0.2, -0.15) is 17.7 Å². The molecule has 0 aliphatic carbocycles. The summed E-state index contributed by atoms with van der Waals surface area (Å²) < 4.78 is 38.9. The number of halogens is 3. The molecular weight excluding hydrogens is 381 g/mol. The minimum absolute atomic E-state index is 0.0815. The Hall–Kier alpha value is -3.45. The summed E-state index contributed by atoms with van der Waals surface area (Å²) in [6.07, 6.45) is -2.42. The van der Waals surface area contributed by atoms with Gasteiger partial charge in [-0.3, -0.25) is 5.10 Å². The van der Waals surface area contributed by atoms with E-state index in [4.69, 9.17) is 0 Å². The normalized spacial score (nSPS) is 17.2. The van der Waals surface area contributed by atoms with Gasteiger partial charge < -0.3 is 15.5 Å². The number of carbonyl (C=O) groups is 1. The summed E-state index contributed by atoms with van der Waals surface area (Å²) in [5.74, 6) is -0.617. The first-order valence-electron chi connectivity index (χ1n) is 8.33. The van der Waals surface area contributed by atoms with Crippen LogP contribution in [0.2, 0.25) is 0 Å². The first kappa shape index (κ1) is 17.9. The van der Waals surface area contributed by atoms with Crippen LogP contribution in [0.1, 0.15) is 18.1 Å². The van der Waals surface area contributed by atoms with E-state index in [9.17, 15) is 18.0 Å². The van der Waals surface area contributed by atoms with Crippen LogP contribution in [-0.2, 0) is 12.7 Å². The SMILES string of the molecule is O=C(NCc1nc(C(F)(F)F)n[nH]1)NC1CCN(c2ccc3nncn3n2)C1. The lowest BCUT2D eigenvalue weighted by Gasteiger charge is -2.17. The Morgan fingerprint density at radius 3 is 3.00 bits per heavy atom. The van der Waals surface area contributed by atoms with E-state index >= 15 is 0 Å². The van der Waals surface area contributed by atoms with E-state index in [1.54, 1.807) is 10.6 Å². The number of carbonyl (C=O) groups excluding carboxylic acids is 1. The third kappa shape index (κ3) is 3.79. The molecule has 1 aliphatic rings. The minimum atomic E-state index is -4.63. The Bertz CT molecular complexity index is 983. The number of amides is 2. The average molecular weight is 396 g/mol. The molecule has 0 bridgehead atoms. The number of aromatic amines is 1. The number of hydrogen-bond donors (Lipinski definition) is 3. The third-order valence-electron chi connectivity index (χ3n) is 4.20. The highest BCUT2D eigenvalue weighted by molar-refractivity contribution is 5.74. The fraction of sp³-hybridized carbons (Fsp3) is 0.429. The van der Waals surface area contributed by atoms with Crippen molar-refractivity contribution in [2.75, 3.05) is 18.0 Å². The minimum Gasteiger partial charge on any atom is -0.353 e. The topological polar surface area (TPSA) is 129 Å². The van der Waals surface area contributed by atoms with Crippen molar-refractivity contribution < 1.29 is 18.0 Å². The summed E-state index contributed by atoms with van der Waals surface area (Å²) in [6, 6.07) is 3.00. The molecule has 11 nitrogen and oxygen atoms in total. The molecule has 0 radical (unpaired) electrons. The maximum atomic E-state index is 12.5. The van der Waals surface area contributed by atoms with Gasteiger partial charge in [0.1, 0.15) is 18.0 Å². The summed E-state index contributed by atoms with van der Waals surface area (Å²) in [7, 11) is 0. The molecule has 1 saturated heterocycles. The first-order valence-corrected chi connectivity index (χ1v) is 8.33. The molecule has 1 atom stereocenters. The summed E-state index contributed by atoms with van der Waals surface area (Å²) in [5, 5.41) is 22.5. The van der Waals surface area contributed by atoms with Crippen LogP contribution in [0.4, 0.5) is 23.8 Å². The standard InChI is InChI=1S/C14H15F3N10O/c15-14(16,17)12-21-9(22-24-12)5-18-13(28)20-8-3-4-26(6-8)11-2-1-10-23-19-7-27(10)25-11/h1-2,7-8H,3-6H2,(H2,18,20,28)(H,21,22,24). The highest BCUT2D eigenvalue weighted by Crippen LogP contribution is 2.25. The monoisotopic (exact) mass is 396 g/mol. The van der Waals surface area contributed by atoms with Crippen LogP contribution in [0.5, 0.6) is 0 Å². The highest BCUT2D eigenvalue weighted by Gasteiger charge is 2.36. The quantitative estimate of drug-likeness (QED) is 0.580. The van der Waals surface area contributed by atoms with Crippen molar-refractivity contribution >= 4 is 17.5 Å². The molecule has 2 amide bonds. The number of hydrogen-bond acceptors (Lipinski definition) is 7. The molecular formula is C14H15F3N10O. The van der Waals surface area contributed by atoms with Crippen molar-refractivity contribution in [3.63, 3.8) is 0 Å². The molecule has 3 N–H and O–H groups in total. The maximum absolute atomic E-state index is 12.5. The molecule has 0 aromatic carbocycles. The van der Waals surface area contributed by atoms with Crippen molar-refractivity contribution in [3.05, 3.63) is 30.1 Å². The fourth-order valence-electron chi connectivity index (χ4n) is 2.87. The molecule has 0 spiro atoms. The molecule has 1 fully saturated rings. The number of fused-ring (bicyclic) bond motifs is 1. The van der Waals surface area contributed by atoms with Gasteiger partial charge in [-0.15, -0.1) is 20.4 Å². The van der Waals surface area contributed by atoms with Crippen LogP contribution in [0, 0.1) is 0 Å². The molecule has 28 heavy (non-hydrogen) atoms. The number of rotatable bonds is 4. The smallest absolute Gasteiger partial charge is 0.353 e. The Labute approximate surface area is 155 Å². The molecule has 0 saturated carbocycles. The number of nitrogens with zero attached hydrogens (tertiary/aromatic N) is 7. The molecule has 14 heteroatoms. The zero-order chi connectivity index (χ0) is 19.7. The predicted octanol–water partition coefficient (Wildman–Crippen LogP) is 0.339. The van der Waals surface area contributed by atoms with Crippen LogP contribution < -0.4 is 15.5 Å². The van der Waals surface area contributed by atoms with E-state index in [0.717, 1.165) is 5.82 Å². The summed E-state index contributed by atoms with van der Waals surface area (Å²) in [4.78, 5) is 17.3. The van der Waals surface area contributed by atoms with Gasteiger partial charge in [0.25, 0.3) is 5.82 Å². The number of H-pyrrole nitrogens is 1. The number of nitrogens with one attached hydrogen (secondary N) is 3. The Morgan fingerprint density at radius 2 is 2.21 bits per heavy atom. The second kappa shape index (κ2) is 6.94. The van der Waals surface area contributed by atoms with Gasteiger partial charge in [0.2, 0.25) is 0 Å². The van der Waals surface area contributed by atoms with Gasteiger partial charge in [-0.25, -0.2) is 9.78 Å². The van der Waals surface area contributed by atoms with Crippen molar-refractivity contribution in [3.8, 4) is 0 Å². The van der Waals surface area contributed by atoms with E-state index in [-0.39, 0.29) is 18.4 Å². The summed E-state index contributed by atoms with van der Waals surface area (Å²) in [6.45, 7) is 1.05. The largest absolute Gasteiger partial charge is 0.453 e. The lowest BCUT2D eigenvalue weighted by atomic mass is 10.3. The zero-order valence-corrected chi connectivity index (χ0v) is 14.3. The van der Waals surface area contributed by atoms with Crippen LogP contribution >= 0.6 is 0 Å². The maximum Gasteiger partial charge on any atom is 0.453 e. The predicted molar refractivity (Wildman–Crippen MR) is 88.2 cm³/mol. The van der Waals surface area contributed by atoms with Crippen molar-refractivity contribution in [1.82, 2.24) is 45.6 Å². The number of urea groups is 1. The van der Waals surface area contributed by atoms with E-state index in [0.29, 0.717) is 25.2 Å². The second-order valence-electron chi connectivity index (χ2n) is 6.19. The van der Waals surface area contributed by atoms with E-state index in [1.807, 2.05) is 11.0 Å². The van der Waals surface area contributed by atoms with E-state index in [1.165, 1.54) is 6.33 Å². The lowest BCUT2D eigenvalue weighted by Crippen LogP contribution is -2.43. The van der Waals surface area contributed by atoms with Crippen LogP contribution in [0.25, 0.3) is 5.65 Å². The average Bonchev–Trinajstić information content (AvgIpc) is 3.38. The van der Waals surface area contributed by atoms with E-state index < -0.39 is 18.0 Å². The zero-order valence-electron chi connectivity index (χ0n) is 14.3. The van der Waals surface area contributed by atoms with Gasteiger partial charge in [0.05, 0.1) is 6.54 Å².